The summed E-state index contributed by atoms with van der Waals surface area (Å²) in [6, 6.07) is 4.51. The van der Waals surface area contributed by atoms with Crippen LogP contribution in [-0.2, 0) is 4.74 Å². The van der Waals surface area contributed by atoms with Crippen molar-refractivity contribution in [2.75, 3.05) is 20.3 Å². The van der Waals surface area contributed by atoms with Crippen LogP contribution >= 0.6 is 0 Å². The fourth-order valence-electron chi connectivity index (χ4n) is 1.57. The highest BCUT2D eigenvalue weighted by Gasteiger charge is 2.14. The van der Waals surface area contributed by atoms with E-state index < -0.39 is 0 Å². The third kappa shape index (κ3) is 4.01. The maximum absolute atomic E-state index is 11.9. The molecule has 18 heavy (non-hydrogen) atoms. The van der Waals surface area contributed by atoms with Gasteiger partial charge in [-0.25, -0.2) is 0 Å². The summed E-state index contributed by atoms with van der Waals surface area (Å²) in [7, 11) is 1.54. The zero-order chi connectivity index (χ0) is 13.5. The Morgan fingerprint density at radius 2 is 2.22 bits per heavy atom. The summed E-state index contributed by atoms with van der Waals surface area (Å²) in [6.45, 7) is 2.08. The first-order valence-corrected chi connectivity index (χ1v) is 5.78. The monoisotopic (exact) mass is 253 g/mol. The van der Waals surface area contributed by atoms with Gasteiger partial charge >= 0.3 is 0 Å². The van der Waals surface area contributed by atoms with Crippen molar-refractivity contribution in [2.45, 2.75) is 19.4 Å². The number of aliphatic hydroxyl groups excluding tert-OH is 1. The molecule has 0 saturated heterocycles. The smallest absolute Gasteiger partial charge is 0.251 e. The van der Waals surface area contributed by atoms with Crippen LogP contribution in [0.5, 0.6) is 5.75 Å². The van der Waals surface area contributed by atoms with E-state index >= 15 is 0 Å². The van der Waals surface area contributed by atoms with Crippen molar-refractivity contribution < 1.29 is 19.7 Å². The van der Waals surface area contributed by atoms with Gasteiger partial charge in [0.1, 0.15) is 5.75 Å². The van der Waals surface area contributed by atoms with Crippen molar-refractivity contribution in [1.29, 1.82) is 0 Å². The third-order valence-corrected chi connectivity index (χ3v) is 2.65. The Morgan fingerprint density at radius 1 is 1.50 bits per heavy atom. The minimum Gasteiger partial charge on any atom is -0.508 e. The minimum atomic E-state index is -0.291. The second-order valence-electron chi connectivity index (χ2n) is 4.14. The number of aromatic hydroxyl groups is 1. The number of aliphatic hydroxyl groups is 1. The summed E-state index contributed by atoms with van der Waals surface area (Å²) in [5.41, 5.74) is 1.10. The number of methoxy groups -OCH3 is 1. The van der Waals surface area contributed by atoms with Crippen LogP contribution in [0.25, 0.3) is 0 Å². The molecule has 0 heterocycles. The van der Waals surface area contributed by atoms with E-state index in [1.54, 1.807) is 19.1 Å². The molecular weight excluding hydrogens is 234 g/mol. The molecule has 0 aliphatic rings. The molecule has 0 fully saturated rings. The number of carbonyl (C=O) groups excluding carboxylic acids is 1. The van der Waals surface area contributed by atoms with Crippen LogP contribution in [0.1, 0.15) is 22.3 Å². The van der Waals surface area contributed by atoms with Gasteiger partial charge in [-0.15, -0.1) is 0 Å². The molecule has 0 radical (unpaired) electrons. The molecule has 1 atom stereocenters. The molecule has 0 aliphatic carbocycles. The van der Waals surface area contributed by atoms with E-state index in [0.29, 0.717) is 18.6 Å². The number of phenolic OH excluding ortho intramolecular Hbond substituents is 1. The molecule has 1 aromatic rings. The summed E-state index contributed by atoms with van der Waals surface area (Å²) in [5.74, 6) is -0.200. The number of ether oxygens (including phenoxy) is 1. The number of amides is 1. The van der Waals surface area contributed by atoms with Crippen molar-refractivity contribution in [1.82, 2.24) is 5.32 Å². The molecular formula is C13H19NO4. The van der Waals surface area contributed by atoms with Crippen LogP contribution in [0.15, 0.2) is 18.2 Å². The number of aryl methyl sites for hydroxylation is 1. The summed E-state index contributed by atoms with van der Waals surface area (Å²) in [6.07, 6.45) is 0.428. The molecule has 1 amide bonds. The summed E-state index contributed by atoms with van der Waals surface area (Å²) in [5, 5.41) is 21.2. The van der Waals surface area contributed by atoms with Gasteiger partial charge < -0.3 is 20.3 Å². The van der Waals surface area contributed by atoms with E-state index in [1.807, 2.05) is 0 Å². The standard InChI is InChI=1S/C13H19NO4/c1-9-3-4-10(7-12(9)16)13(17)14-11(5-6-15)8-18-2/h3-4,7,11,15-16H,5-6,8H2,1-2H3,(H,14,17). The third-order valence-electron chi connectivity index (χ3n) is 2.65. The van der Waals surface area contributed by atoms with Gasteiger partial charge in [-0.2, -0.15) is 0 Å². The molecule has 100 valence electrons. The lowest BCUT2D eigenvalue weighted by molar-refractivity contribution is 0.0878. The van der Waals surface area contributed by atoms with Gasteiger partial charge in [0.15, 0.2) is 0 Å². The number of hydrogen-bond donors (Lipinski definition) is 3. The van der Waals surface area contributed by atoms with E-state index in [1.165, 1.54) is 13.2 Å². The van der Waals surface area contributed by atoms with Gasteiger partial charge in [-0.05, 0) is 31.0 Å². The molecule has 0 spiro atoms. The zero-order valence-electron chi connectivity index (χ0n) is 10.6. The van der Waals surface area contributed by atoms with Crippen LogP contribution in [0.4, 0.5) is 0 Å². The second kappa shape index (κ2) is 6.98. The molecule has 1 aromatic carbocycles. The fraction of sp³-hybridized carbons (Fsp3) is 0.462. The van der Waals surface area contributed by atoms with E-state index in [9.17, 15) is 9.90 Å². The second-order valence-corrected chi connectivity index (χ2v) is 4.14. The quantitative estimate of drug-likeness (QED) is 0.701. The molecule has 5 nitrogen and oxygen atoms in total. The van der Waals surface area contributed by atoms with E-state index in [0.717, 1.165) is 5.56 Å². The van der Waals surface area contributed by atoms with Crippen LogP contribution < -0.4 is 5.32 Å². The lowest BCUT2D eigenvalue weighted by atomic mass is 10.1. The van der Waals surface area contributed by atoms with Gasteiger partial charge in [0.25, 0.3) is 5.91 Å². The molecule has 1 unspecified atom stereocenters. The zero-order valence-corrected chi connectivity index (χ0v) is 10.6. The first-order chi connectivity index (χ1) is 8.58. The fourth-order valence-corrected chi connectivity index (χ4v) is 1.57. The first-order valence-electron chi connectivity index (χ1n) is 5.78. The van der Waals surface area contributed by atoms with Gasteiger partial charge in [-0.3, -0.25) is 4.79 Å². The van der Waals surface area contributed by atoms with Crippen LogP contribution in [-0.4, -0.2) is 42.5 Å². The highest BCUT2D eigenvalue weighted by molar-refractivity contribution is 5.94. The number of benzene rings is 1. The van der Waals surface area contributed by atoms with Gasteiger partial charge in [-0.1, -0.05) is 6.07 Å². The maximum Gasteiger partial charge on any atom is 0.251 e. The topological polar surface area (TPSA) is 78.8 Å². The van der Waals surface area contributed by atoms with Crippen molar-refractivity contribution in [3.05, 3.63) is 29.3 Å². The highest BCUT2D eigenvalue weighted by Crippen LogP contribution is 2.17. The molecule has 0 saturated carbocycles. The minimum absolute atomic E-state index is 0.0204. The first kappa shape index (κ1) is 14.5. The van der Waals surface area contributed by atoms with Gasteiger partial charge in [0.2, 0.25) is 0 Å². The number of phenols is 1. The lowest BCUT2D eigenvalue weighted by Crippen LogP contribution is -2.38. The predicted molar refractivity (Wildman–Crippen MR) is 67.7 cm³/mol. The van der Waals surface area contributed by atoms with Crippen LogP contribution in [0.2, 0.25) is 0 Å². The van der Waals surface area contributed by atoms with E-state index in [-0.39, 0.29) is 24.3 Å². The van der Waals surface area contributed by atoms with Crippen molar-refractivity contribution in [2.24, 2.45) is 0 Å². The Labute approximate surface area is 106 Å². The summed E-state index contributed by atoms with van der Waals surface area (Å²) >= 11 is 0. The SMILES string of the molecule is COCC(CCO)NC(=O)c1ccc(C)c(O)c1. The number of nitrogens with one attached hydrogen (secondary N) is 1. The molecule has 1 rings (SSSR count). The average Bonchev–Trinajstić information content (AvgIpc) is 2.33. The highest BCUT2D eigenvalue weighted by atomic mass is 16.5. The molecule has 0 aliphatic heterocycles. The molecule has 5 heteroatoms. The normalized spacial score (nSPS) is 12.2. The summed E-state index contributed by atoms with van der Waals surface area (Å²) < 4.78 is 4.96. The Hall–Kier alpha value is -1.59. The average molecular weight is 253 g/mol. The Balaban J connectivity index is 2.70. The number of carbonyl (C=O) groups is 1. The van der Waals surface area contributed by atoms with Crippen molar-refractivity contribution >= 4 is 5.91 Å². The van der Waals surface area contributed by atoms with Crippen molar-refractivity contribution in [3.63, 3.8) is 0 Å². The van der Waals surface area contributed by atoms with Crippen LogP contribution in [0.3, 0.4) is 0 Å². The van der Waals surface area contributed by atoms with Crippen molar-refractivity contribution in [3.8, 4) is 5.75 Å². The number of hydrogen-bond acceptors (Lipinski definition) is 4. The van der Waals surface area contributed by atoms with Gasteiger partial charge in [0.05, 0.1) is 12.6 Å². The Bertz CT molecular complexity index is 400. The van der Waals surface area contributed by atoms with Crippen LogP contribution in [0, 0.1) is 6.92 Å². The van der Waals surface area contributed by atoms with E-state index in [2.05, 4.69) is 5.32 Å². The van der Waals surface area contributed by atoms with Gasteiger partial charge in [0, 0.05) is 19.3 Å². The largest absolute Gasteiger partial charge is 0.508 e. The number of rotatable bonds is 6. The Kier molecular flexibility index (Phi) is 5.61. The molecule has 3 N–H and O–H groups in total. The Morgan fingerprint density at radius 3 is 2.78 bits per heavy atom. The summed E-state index contributed by atoms with van der Waals surface area (Å²) in [4.78, 5) is 11.9. The predicted octanol–water partition coefficient (Wildman–Crippen LogP) is 0.828. The lowest BCUT2D eigenvalue weighted by Gasteiger charge is -2.17. The maximum atomic E-state index is 11.9. The van der Waals surface area contributed by atoms with E-state index in [4.69, 9.17) is 9.84 Å². The molecule has 0 aromatic heterocycles. The molecule has 0 bridgehead atoms.